The zero-order valence-corrected chi connectivity index (χ0v) is 17.6. The van der Waals surface area contributed by atoms with E-state index in [4.69, 9.17) is 0 Å². The molecule has 3 rings (SSSR count). The van der Waals surface area contributed by atoms with E-state index in [1.165, 1.54) is 0 Å². The summed E-state index contributed by atoms with van der Waals surface area (Å²) in [5.74, 6) is -0.191. The van der Waals surface area contributed by atoms with Crippen LogP contribution in [0.5, 0.6) is 0 Å². The van der Waals surface area contributed by atoms with Crippen LogP contribution in [0.1, 0.15) is 36.1 Å². The maximum absolute atomic E-state index is 13.0. The number of carbonyl (C=O) groups is 1. The topological polar surface area (TPSA) is 70.4 Å². The molecule has 0 radical (unpaired) electrons. The highest BCUT2D eigenvalue weighted by molar-refractivity contribution is 7.89. The molecule has 0 aliphatic carbocycles. The Hall–Kier alpha value is -2.25. The number of carbonyl (C=O) groups excluding carboxylic acids is 1. The third-order valence-electron chi connectivity index (χ3n) is 5.33. The molecule has 0 bridgehead atoms. The molecular weight excluding hydrogens is 374 g/mol. The van der Waals surface area contributed by atoms with E-state index in [-0.39, 0.29) is 17.3 Å². The molecule has 1 N–H and O–H groups in total. The Kier molecular flexibility index (Phi) is 6.15. The van der Waals surface area contributed by atoms with Crippen molar-refractivity contribution in [1.29, 1.82) is 0 Å². The number of pyridine rings is 1. The number of nitrogens with zero attached hydrogens (tertiary/aromatic N) is 2. The summed E-state index contributed by atoms with van der Waals surface area (Å²) in [6.45, 7) is 7.05. The normalized spacial score (nSPS) is 15.4. The fourth-order valence-corrected chi connectivity index (χ4v) is 5.24. The number of hydrogen-bond donors (Lipinski definition) is 1. The van der Waals surface area contributed by atoms with Crippen molar-refractivity contribution in [2.75, 3.05) is 18.4 Å². The van der Waals surface area contributed by atoms with Crippen LogP contribution < -0.4 is 9.88 Å². The Bertz CT molecular complexity index is 980. The average Bonchev–Trinajstić information content (AvgIpc) is 2.67. The zero-order chi connectivity index (χ0) is 20.3. The van der Waals surface area contributed by atoms with E-state index < -0.39 is 10.0 Å². The van der Waals surface area contributed by atoms with Gasteiger partial charge in [-0.15, -0.1) is 0 Å². The van der Waals surface area contributed by atoms with Crippen molar-refractivity contribution >= 4 is 21.6 Å². The molecule has 1 aliphatic heterocycles. The highest BCUT2D eigenvalue weighted by Gasteiger charge is 2.27. The van der Waals surface area contributed by atoms with Gasteiger partial charge < -0.3 is 5.32 Å². The first-order valence-corrected chi connectivity index (χ1v) is 11.1. The monoisotopic (exact) mass is 402 g/mol. The number of aromatic nitrogens is 1. The molecule has 6 nitrogen and oxygen atoms in total. The fourth-order valence-electron chi connectivity index (χ4n) is 3.48. The summed E-state index contributed by atoms with van der Waals surface area (Å²) in [5.41, 5.74) is 3.32. The molecule has 0 spiro atoms. The Balaban J connectivity index is 1.79. The van der Waals surface area contributed by atoms with Crippen LogP contribution in [-0.2, 0) is 21.4 Å². The lowest BCUT2D eigenvalue weighted by atomic mass is 10.2. The van der Waals surface area contributed by atoms with Crippen LogP contribution in [0.2, 0.25) is 0 Å². The minimum absolute atomic E-state index is 0.176. The van der Waals surface area contributed by atoms with Crippen LogP contribution >= 0.6 is 0 Å². The van der Waals surface area contributed by atoms with Gasteiger partial charge in [-0.2, -0.15) is 8.87 Å². The van der Waals surface area contributed by atoms with E-state index in [9.17, 15) is 13.2 Å². The van der Waals surface area contributed by atoms with E-state index in [2.05, 4.69) is 5.32 Å². The first-order chi connectivity index (χ1) is 13.3. The number of benzene rings is 1. The molecule has 1 aromatic heterocycles. The van der Waals surface area contributed by atoms with Gasteiger partial charge in [-0.05, 0) is 50.5 Å². The minimum Gasteiger partial charge on any atom is -0.321 e. The molecule has 1 aliphatic rings. The maximum Gasteiger partial charge on any atom is 0.290 e. The van der Waals surface area contributed by atoms with E-state index in [1.54, 1.807) is 29.4 Å². The number of anilines is 1. The Morgan fingerprint density at radius 2 is 1.79 bits per heavy atom. The van der Waals surface area contributed by atoms with Gasteiger partial charge in [0.2, 0.25) is 16.6 Å². The summed E-state index contributed by atoms with van der Waals surface area (Å²) in [5, 5.41) is 2.84. The molecule has 150 valence electrons. The number of aryl methyl sites for hydroxylation is 2. The SMILES string of the molecule is Cc1ccc(NC(=O)C[n+]2cccc(C)c2C)cc1S(=O)(=O)N1CCCCC1. The number of hydrogen-bond acceptors (Lipinski definition) is 3. The third-order valence-corrected chi connectivity index (χ3v) is 7.37. The smallest absolute Gasteiger partial charge is 0.290 e. The summed E-state index contributed by atoms with van der Waals surface area (Å²) in [4.78, 5) is 12.8. The van der Waals surface area contributed by atoms with Crippen molar-refractivity contribution in [3.63, 3.8) is 0 Å². The Morgan fingerprint density at radius 3 is 2.50 bits per heavy atom. The standard InChI is InChI=1S/C21H27N3O3S/c1-16-8-7-11-23(18(16)3)15-21(25)22-19-10-9-17(2)20(14-19)28(26,27)24-12-5-4-6-13-24/h7-11,14H,4-6,12-13,15H2,1-3H3/p+1. The van der Waals surface area contributed by atoms with Gasteiger partial charge in [-0.25, -0.2) is 8.42 Å². The molecule has 0 unspecified atom stereocenters. The highest BCUT2D eigenvalue weighted by atomic mass is 32.2. The lowest BCUT2D eigenvalue weighted by molar-refractivity contribution is -0.690. The molecule has 28 heavy (non-hydrogen) atoms. The van der Waals surface area contributed by atoms with Crippen LogP contribution in [0.15, 0.2) is 41.4 Å². The summed E-state index contributed by atoms with van der Waals surface area (Å²) in [6.07, 6.45) is 4.71. The Morgan fingerprint density at radius 1 is 1.07 bits per heavy atom. The summed E-state index contributed by atoms with van der Waals surface area (Å²) < 4.78 is 29.5. The first kappa shape index (κ1) is 20.5. The molecule has 0 saturated carbocycles. The molecule has 2 heterocycles. The third kappa shape index (κ3) is 4.42. The first-order valence-electron chi connectivity index (χ1n) is 9.65. The van der Waals surface area contributed by atoms with Crippen molar-refractivity contribution in [2.24, 2.45) is 0 Å². The lowest BCUT2D eigenvalue weighted by Gasteiger charge is -2.26. The predicted octanol–water partition coefficient (Wildman–Crippen LogP) is 2.71. The molecule has 1 fully saturated rings. The van der Waals surface area contributed by atoms with Gasteiger partial charge in [-0.3, -0.25) is 4.79 Å². The summed E-state index contributed by atoms with van der Waals surface area (Å²) >= 11 is 0. The van der Waals surface area contributed by atoms with Gasteiger partial charge in [0.05, 0.1) is 4.90 Å². The van der Waals surface area contributed by atoms with Gasteiger partial charge >= 0.3 is 0 Å². The largest absolute Gasteiger partial charge is 0.321 e. The van der Waals surface area contributed by atoms with E-state index in [0.29, 0.717) is 24.3 Å². The van der Waals surface area contributed by atoms with Gasteiger partial charge in [0.1, 0.15) is 0 Å². The van der Waals surface area contributed by atoms with E-state index >= 15 is 0 Å². The number of rotatable bonds is 5. The van der Waals surface area contributed by atoms with Gasteiger partial charge in [0.25, 0.3) is 5.91 Å². The quantitative estimate of drug-likeness (QED) is 0.782. The number of piperidine rings is 1. The zero-order valence-electron chi connectivity index (χ0n) is 16.7. The minimum atomic E-state index is -3.55. The van der Waals surface area contributed by atoms with Gasteiger partial charge in [-0.1, -0.05) is 12.5 Å². The molecule has 7 heteroatoms. The number of sulfonamides is 1. The lowest BCUT2D eigenvalue weighted by Crippen LogP contribution is -2.43. The van der Waals surface area contributed by atoms with Crippen LogP contribution in [-0.4, -0.2) is 31.7 Å². The second kappa shape index (κ2) is 8.41. The maximum atomic E-state index is 13.0. The van der Waals surface area contributed by atoms with Gasteiger partial charge in [0, 0.05) is 37.3 Å². The summed E-state index contributed by atoms with van der Waals surface area (Å²) in [7, 11) is -3.55. The fraction of sp³-hybridized carbons (Fsp3) is 0.429. The molecule has 1 amide bonds. The number of amides is 1. The van der Waals surface area contributed by atoms with Crippen molar-refractivity contribution in [2.45, 2.75) is 51.5 Å². The van der Waals surface area contributed by atoms with Crippen molar-refractivity contribution in [1.82, 2.24) is 4.31 Å². The van der Waals surface area contributed by atoms with Gasteiger partial charge in [0.15, 0.2) is 11.9 Å². The highest BCUT2D eigenvalue weighted by Crippen LogP contribution is 2.26. The van der Waals surface area contributed by atoms with Crippen LogP contribution in [0.3, 0.4) is 0 Å². The molecule has 1 aromatic carbocycles. The van der Waals surface area contributed by atoms with E-state index in [0.717, 1.165) is 30.5 Å². The molecule has 1 saturated heterocycles. The number of nitrogens with one attached hydrogen (secondary N) is 1. The van der Waals surface area contributed by atoms with Crippen LogP contribution in [0, 0.1) is 20.8 Å². The van der Waals surface area contributed by atoms with Crippen LogP contribution in [0.25, 0.3) is 0 Å². The van der Waals surface area contributed by atoms with Crippen molar-refractivity contribution in [3.05, 3.63) is 53.3 Å². The van der Waals surface area contributed by atoms with Crippen molar-refractivity contribution < 1.29 is 17.8 Å². The van der Waals surface area contributed by atoms with Crippen molar-refractivity contribution in [3.8, 4) is 0 Å². The molecule has 0 atom stereocenters. The van der Waals surface area contributed by atoms with E-state index in [1.807, 2.05) is 36.7 Å². The predicted molar refractivity (Wildman–Crippen MR) is 109 cm³/mol. The Labute approximate surface area is 167 Å². The summed E-state index contributed by atoms with van der Waals surface area (Å²) in [6, 6.07) is 8.98. The van der Waals surface area contributed by atoms with Crippen LogP contribution in [0.4, 0.5) is 5.69 Å². The second-order valence-corrected chi connectivity index (χ2v) is 9.30. The average molecular weight is 403 g/mol. The molecular formula is C21H28N3O3S+. The second-order valence-electron chi connectivity index (χ2n) is 7.40. The molecule has 2 aromatic rings.